The maximum absolute atomic E-state index is 12.9. The van der Waals surface area contributed by atoms with Gasteiger partial charge in [-0.25, -0.2) is 0 Å². The van der Waals surface area contributed by atoms with Gasteiger partial charge >= 0.3 is 0 Å². The van der Waals surface area contributed by atoms with Crippen molar-refractivity contribution in [1.29, 1.82) is 0 Å². The monoisotopic (exact) mass is 366 g/mol. The summed E-state index contributed by atoms with van der Waals surface area (Å²) in [5, 5.41) is 2.80. The van der Waals surface area contributed by atoms with Crippen LogP contribution in [0.5, 0.6) is 5.75 Å². The van der Waals surface area contributed by atoms with Crippen molar-refractivity contribution in [3.63, 3.8) is 0 Å². The molecule has 0 saturated carbocycles. The first-order chi connectivity index (χ1) is 13.1. The van der Waals surface area contributed by atoms with Crippen molar-refractivity contribution in [1.82, 2.24) is 5.32 Å². The second-order valence-electron chi connectivity index (χ2n) is 6.78. The molecular weight excluding hydrogens is 340 g/mol. The molecule has 27 heavy (non-hydrogen) atoms. The van der Waals surface area contributed by atoms with E-state index in [0.717, 1.165) is 36.3 Å². The zero-order valence-corrected chi connectivity index (χ0v) is 15.9. The number of aryl methyl sites for hydroxylation is 1. The lowest BCUT2D eigenvalue weighted by atomic mass is 10.0. The average molecular weight is 366 g/mol. The molecule has 1 aliphatic heterocycles. The molecule has 0 aromatic heterocycles. The maximum atomic E-state index is 12.9. The highest BCUT2D eigenvalue weighted by molar-refractivity contribution is 6.06. The number of carbonyl (C=O) groups excluding carboxylic acids is 2. The molecule has 0 spiro atoms. The van der Waals surface area contributed by atoms with Gasteiger partial charge in [0, 0.05) is 18.2 Å². The van der Waals surface area contributed by atoms with Gasteiger partial charge in [-0.1, -0.05) is 43.7 Å². The van der Waals surface area contributed by atoms with Gasteiger partial charge in [-0.2, -0.15) is 0 Å². The van der Waals surface area contributed by atoms with Crippen LogP contribution in [0.4, 0.5) is 5.69 Å². The number of ether oxygens (including phenoxy) is 1. The van der Waals surface area contributed by atoms with E-state index in [1.54, 1.807) is 4.90 Å². The van der Waals surface area contributed by atoms with Gasteiger partial charge in [-0.05, 0) is 36.6 Å². The number of amides is 2. The molecule has 1 N–H and O–H groups in total. The predicted octanol–water partition coefficient (Wildman–Crippen LogP) is 3.63. The number of nitrogens with zero attached hydrogens (tertiary/aromatic N) is 1. The van der Waals surface area contributed by atoms with Crippen LogP contribution in [0.2, 0.25) is 0 Å². The van der Waals surface area contributed by atoms with E-state index in [1.807, 2.05) is 36.4 Å². The van der Waals surface area contributed by atoms with E-state index in [9.17, 15) is 9.59 Å². The van der Waals surface area contributed by atoms with Gasteiger partial charge < -0.3 is 15.0 Å². The van der Waals surface area contributed by atoms with E-state index in [2.05, 4.69) is 24.4 Å². The van der Waals surface area contributed by atoms with E-state index in [-0.39, 0.29) is 11.8 Å². The number of fused-ring (bicyclic) bond motifs is 1. The van der Waals surface area contributed by atoms with Crippen LogP contribution in [0, 0.1) is 0 Å². The van der Waals surface area contributed by atoms with E-state index in [0.29, 0.717) is 13.2 Å². The first-order valence-corrected chi connectivity index (χ1v) is 9.49. The second-order valence-corrected chi connectivity index (χ2v) is 6.78. The number of hydrogen-bond donors (Lipinski definition) is 1. The Morgan fingerprint density at radius 1 is 1.19 bits per heavy atom. The Balaban J connectivity index is 1.77. The number of para-hydroxylation sites is 1. The highest BCUT2D eigenvalue weighted by Crippen LogP contribution is 2.36. The number of nitrogens with one attached hydrogen (secondary N) is 1. The van der Waals surface area contributed by atoms with Crippen LogP contribution in [0.3, 0.4) is 0 Å². The van der Waals surface area contributed by atoms with E-state index in [1.165, 1.54) is 12.5 Å². The summed E-state index contributed by atoms with van der Waals surface area (Å²) in [6.07, 6.45) is 3.20. The number of hydrogen-bond acceptors (Lipinski definition) is 3. The van der Waals surface area contributed by atoms with Crippen LogP contribution in [-0.2, 0) is 16.0 Å². The molecule has 2 aromatic rings. The molecule has 1 heterocycles. The summed E-state index contributed by atoms with van der Waals surface area (Å²) in [5.41, 5.74) is 2.93. The lowest BCUT2D eigenvalue weighted by Gasteiger charge is -2.18. The second kappa shape index (κ2) is 8.71. The fourth-order valence-corrected chi connectivity index (χ4v) is 3.37. The van der Waals surface area contributed by atoms with Gasteiger partial charge in [0.25, 0.3) is 5.91 Å². The van der Waals surface area contributed by atoms with Crippen molar-refractivity contribution >= 4 is 17.5 Å². The van der Waals surface area contributed by atoms with Gasteiger partial charge in [0.15, 0.2) is 0 Å². The predicted molar refractivity (Wildman–Crippen MR) is 106 cm³/mol. The molecule has 0 aliphatic carbocycles. The van der Waals surface area contributed by atoms with E-state index in [4.69, 9.17) is 4.74 Å². The van der Waals surface area contributed by atoms with Gasteiger partial charge in [0.1, 0.15) is 18.4 Å². The third-order valence-electron chi connectivity index (χ3n) is 4.70. The van der Waals surface area contributed by atoms with Crippen molar-refractivity contribution in [2.24, 2.45) is 0 Å². The zero-order valence-electron chi connectivity index (χ0n) is 15.9. The number of unbranched alkanes of at least 4 members (excludes halogenated alkanes) is 1. The van der Waals surface area contributed by atoms with Crippen LogP contribution in [0.25, 0.3) is 0 Å². The quantitative estimate of drug-likeness (QED) is 0.776. The van der Waals surface area contributed by atoms with Crippen LogP contribution >= 0.6 is 0 Å². The van der Waals surface area contributed by atoms with Crippen molar-refractivity contribution in [3.05, 3.63) is 59.7 Å². The maximum Gasteiger partial charge on any atom is 0.254 e. The fourth-order valence-electron chi connectivity index (χ4n) is 3.37. The summed E-state index contributed by atoms with van der Waals surface area (Å²) in [5.74, 6) is 0.461. The van der Waals surface area contributed by atoms with Crippen molar-refractivity contribution in [2.75, 3.05) is 18.1 Å². The number of anilines is 1. The van der Waals surface area contributed by atoms with E-state index >= 15 is 0 Å². The zero-order chi connectivity index (χ0) is 19.2. The average Bonchev–Trinajstić information content (AvgIpc) is 2.92. The Labute approximate surface area is 160 Å². The Morgan fingerprint density at radius 2 is 1.96 bits per heavy atom. The fraction of sp³-hybridized carbons (Fsp3) is 0.364. The highest BCUT2D eigenvalue weighted by Gasteiger charge is 2.37. The summed E-state index contributed by atoms with van der Waals surface area (Å²) in [7, 11) is 0. The SMILES string of the molecule is CCCCc1ccc2c(c1)[C@H](NC(C)=O)C(=O)N2CCOc1ccccc1. The smallest absolute Gasteiger partial charge is 0.254 e. The number of carbonyl (C=O) groups is 2. The molecule has 1 atom stereocenters. The minimum Gasteiger partial charge on any atom is -0.492 e. The first kappa shape index (κ1) is 19.0. The summed E-state index contributed by atoms with van der Waals surface area (Å²) in [6.45, 7) is 4.42. The first-order valence-electron chi connectivity index (χ1n) is 9.49. The minimum absolute atomic E-state index is 0.107. The van der Waals surface area contributed by atoms with Crippen molar-refractivity contribution in [3.8, 4) is 5.75 Å². The topological polar surface area (TPSA) is 58.6 Å². The Bertz CT molecular complexity index is 804. The Morgan fingerprint density at radius 3 is 2.67 bits per heavy atom. The van der Waals surface area contributed by atoms with Crippen molar-refractivity contribution in [2.45, 2.75) is 39.2 Å². The molecule has 0 unspecified atom stereocenters. The summed E-state index contributed by atoms with van der Waals surface area (Å²) < 4.78 is 5.74. The van der Waals surface area contributed by atoms with E-state index < -0.39 is 6.04 Å². The summed E-state index contributed by atoms with van der Waals surface area (Å²) in [6, 6.07) is 15.0. The molecular formula is C22H26N2O3. The molecule has 0 fully saturated rings. The number of benzene rings is 2. The normalized spacial score (nSPS) is 15.6. The highest BCUT2D eigenvalue weighted by atomic mass is 16.5. The Hall–Kier alpha value is -2.82. The van der Waals surface area contributed by atoms with Crippen LogP contribution in [-0.4, -0.2) is 25.0 Å². The van der Waals surface area contributed by atoms with Crippen LogP contribution in [0.1, 0.15) is 43.9 Å². The molecule has 0 radical (unpaired) electrons. The van der Waals surface area contributed by atoms with Crippen LogP contribution < -0.4 is 15.0 Å². The summed E-state index contributed by atoms with van der Waals surface area (Å²) >= 11 is 0. The molecule has 3 rings (SSSR count). The van der Waals surface area contributed by atoms with Gasteiger partial charge in [0.05, 0.1) is 6.54 Å². The molecule has 2 amide bonds. The molecule has 2 aromatic carbocycles. The standard InChI is InChI=1S/C22H26N2O3/c1-3-4-8-17-11-12-20-19(15-17)21(23-16(2)25)22(26)24(20)13-14-27-18-9-6-5-7-10-18/h5-7,9-12,15,21H,3-4,8,13-14H2,1-2H3,(H,23,25)/t21-/m0/s1. The molecule has 0 bridgehead atoms. The molecule has 0 saturated heterocycles. The molecule has 142 valence electrons. The Kier molecular flexibility index (Phi) is 6.12. The van der Waals surface area contributed by atoms with Crippen LogP contribution in [0.15, 0.2) is 48.5 Å². The van der Waals surface area contributed by atoms with Crippen molar-refractivity contribution < 1.29 is 14.3 Å². The third-order valence-corrected chi connectivity index (χ3v) is 4.70. The number of rotatable bonds is 8. The molecule has 1 aliphatic rings. The van der Waals surface area contributed by atoms with Gasteiger partial charge in [0.2, 0.25) is 5.91 Å². The lowest BCUT2D eigenvalue weighted by molar-refractivity contribution is -0.126. The lowest BCUT2D eigenvalue weighted by Crippen LogP contribution is -2.38. The third kappa shape index (κ3) is 4.48. The molecule has 5 nitrogen and oxygen atoms in total. The minimum atomic E-state index is -0.615. The van der Waals surface area contributed by atoms with Gasteiger partial charge in [-0.3, -0.25) is 9.59 Å². The van der Waals surface area contributed by atoms with Gasteiger partial charge in [-0.15, -0.1) is 0 Å². The molecule has 5 heteroatoms. The summed E-state index contributed by atoms with van der Waals surface area (Å²) in [4.78, 5) is 26.2. The largest absolute Gasteiger partial charge is 0.492 e.